The summed E-state index contributed by atoms with van der Waals surface area (Å²) in [5.41, 5.74) is 1.40. The largest absolute Gasteiger partial charge is 0.493 e. The topological polar surface area (TPSA) is 68.5 Å². The van der Waals surface area contributed by atoms with Crippen LogP contribution in [0.1, 0.15) is 11.1 Å². The van der Waals surface area contributed by atoms with E-state index < -0.39 is 5.97 Å². The maximum atomic E-state index is 11.9. The molecule has 0 atom stereocenters. The highest BCUT2D eigenvalue weighted by Gasteiger charge is 2.12. The van der Waals surface area contributed by atoms with Gasteiger partial charge in [0, 0.05) is 0 Å². The maximum Gasteiger partial charge on any atom is 0.349 e. The van der Waals surface area contributed by atoms with Gasteiger partial charge in [-0.1, -0.05) is 23.7 Å². The molecule has 25 heavy (non-hydrogen) atoms. The molecular formula is C19H16ClNO4. The molecule has 2 aromatic carbocycles. The molecule has 0 unspecified atom stereocenters. The smallest absolute Gasteiger partial charge is 0.349 e. The predicted molar refractivity (Wildman–Crippen MR) is 94.2 cm³/mol. The van der Waals surface area contributed by atoms with Crippen LogP contribution in [0.2, 0.25) is 5.02 Å². The third kappa shape index (κ3) is 5.00. The molecule has 0 spiro atoms. The number of nitriles is 1. The van der Waals surface area contributed by atoms with Gasteiger partial charge in [0.15, 0.2) is 18.1 Å². The van der Waals surface area contributed by atoms with Gasteiger partial charge in [-0.25, -0.2) is 4.79 Å². The number of methoxy groups -OCH3 is 1. The number of allylic oxidation sites excluding steroid dienone is 1. The standard InChI is InChI=1S/C19H16ClNO4/c1-3-4-13-5-8-17(18(10-13)23-2)24-12-19(22)25-16-7-6-14(11-21)9-15(16)20/h3,5-10H,1,4,12H2,2H3. The van der Waals surface area contributed by atoms with Crippen LogP contribution in [0, 0.1) is 11.3 Å². The van der Waals surface area contributed by atoms with Gasteiger partial charge in [0.1, 0.15) is 5.75 Å². The molecule has 2 aromatic rings. The molecule has 0 N–H and O–H groups in total. The predicted octanol–water partition coefficient (Wildman–Crippen LogP) is 3.93. The molecule has 0 amide bonds. The quantitative estimate of drug-likeness (QED) is 0.426. The molecule has 0 aliphatic heterocycles. The first-order chi connectivity index (χ1) is 12.1. The van der Waals surface area contributed by atoms with E-state index >= 15 is 0 Å². The molecule has 0 bridgehead atoms. The number of esters is 1. The molecule has 0 heterocycles. The van der Waals surface area contributed by atoms with Crippen LogP contribution in [-0.4, -0.2) is 19.7 Å². The number of carbonyl (C=O) groups is 1. The molecule has 0 radical (unpaired) electrons. The number of hydrogen-bond acceptors (Lipinski definition) is 5. The van der Waals surface area contributed by atoms with Crippen molar-refractivity contribution in [1.29, 1.82) is 5.26 Å². The van der Waals surface area contributed by atoms with Gasteiger partial charge in [-0.2, -0.15) is 5.26 Å². The Labute approximate surface area is 151 Å². The summed E-state index contributed by atoms with van der Waals surface area (Å²) in [4.78, 5) is 11.9. The van der Waals surface area contributed by atoms with Crippen LogP contribution < -0.4 is 14.2 Å². The summed E-state index contributed by atoms with van der Waals surface area (Å²) in [5.74, 6) is 0.494. The van der Waals surface area contributed by atoms with E-state index in [-0.39, 0.29) is 17.4 Å². The van der Waals surface area contributed by atoms with Crippen molar-refractivity contribution in [2.75, 3.05) is 13.7 Å². The van der Waals surface area contributed by atoms with Crippen molar-refractivity contribution in [3.63, 3.8) is 0 Å². The normalized spacial score (nSPS) is 9.80. The Balaban J connectivity index is 2.00. The monoisotopic (exact) mass is 357 g/mol. The van der Waals surface area contributed by atoms with E-state index in [4.69, 9.17) is 31.1 Å². The molecule has 128 valence electrons. The number of ether oxygens (including phenoxy) is 3. The van der Waals surface area contributed by atoms with E-state index in [0.29, 0.717) is 23.5 Å². The Hall–Kier alpha value is -2.97. The Morgan fingerprint density at radius 2 is 2.00 bits per heavy atom. The van der Waals surface area contributed by atoms with E-state index in [1.54, 1.807) is 12.1 Å². The molecule has 0 aromatic heterocycles. The van der Waals surface area contributed by atoms with Crippen LogP contribution in [0.4, 0.5) is 0 Å². The highest BCUT2D eigenvalue weighted by molar-refractivity contribution is 6.32. The molecule has 0 saturated carbocycles. The van der Waals surface area contributed by atoms with Crippen LogP contribution in [0.25, 0.3) is 0 Å². The highest BCUT2D eigenvalue weighted by atomic mass is 35.5. The van der Waals surface area contributed by atoms with Crippen molar-refractivity contribution in [1.82, 2.24) is 0 Å². The summed E-state index contributed by atoms with van der Waals surface area (Å²) in [5, 5.41) is 8.97. The Morgan fingerprint density at radius 1 is 1.24 bits per heavy atom. The first-order valence-corrected chi connectivity index (χ1v) is 7.76. The van der Waals surface area contributed by atoms with E-state index in [0.717, 1.165) is 5.56 Å². The lowest BCUT2D eigenvalue weighted by Gasteiger charge is -2.12. The minimum Gasteiger partial charge on any atom is -0.493 e. The third-order valence-corrected chi connectivity index (χ3v) is 3.53. The Morgan fingerprint density at radius 3 is 2.64 bits per heavy atom. The van der Waals surface area contributed by atoms with Gasteiger partial charge >= 0.3 is 5.97 Å². The lowest BCUT2D eigenvalue weighted by atomic mass is 10.1. The van der Waals surface area contributed by atoms with Gasteiger partial charge in [-0.05, 0) is 42.3 Å². The summed E-state index contributed by atoms with van der Waals surface area (Å²) in [7, 11) is 1.52. The molecule has 0 saturated heterocycles. The van der Waals surface area contributed by atoms with Gasteiger partial charge in [-0.15, -0.1) is 6.58 Å². The molecule has 2 rings (SSSR count). The molecule has 6 heteroatoms. The van der Waals surface area contributed by atoms with Crippen molar-refractivity contribution >= 4 is 17.6 Å². The summed E-state index contributed by atoms with van der Waals surface area (Å²) in [6.07, 6.45) is 2.49. The summed E-state index contributed by atoms with van der Waals surface area (Å²) in [6, 6.07) is 11.8. The van der Waals surface area contributed by atoms with Crippen molar-refractivity contribution in [2.24, 2.45) is 0 Å². The number of hydrogen-bond donors (Lipinski definition) is 0. The lowest BCUT2D eigenvalue weighted by Crippen LogP contribution is -2.18. The first-order valence-electron chi connectivity index (χ1n) is 7.38. The van der Waals surface area contributed by atoms with Crippen molar-refractivity contribution in [2.45, 2.75) is 6.42 Å². The Bertz CT molecular complexity index is 827. The Kier molecular flexibility index (Phi) is 6.44. The second-order valence-electron chi connectivity index (χ2n) is 5.00. The third-order valence-electron chi connectivity index (χ3n) is 3.24. The SMILES string of the molecule is C=CCc1ccc(OCC(=O)Oc2ccc(C#N)cc2Cl)c(OC)c1. The number of rotatable bonds is 7. The van der Waals surface area contributed by atoms with Crippen LogP contribution in [0.5, 0.6) is 17.2 Å². The van der Waals surface area contributed by atoms with E-state index in [2.05, 4.69) is 6.58 Å². The summed E-state index contributed by atoms with van der Waals surface area (Å²) < 4.78 is 15.9. The maximum absolute atomic E-state index is 11.9. The fraction of sp³-hybridized carbons (Fsp3) is 0.158. The molecule has 0 fully saturated rings. The van der Waals surface area contributed by atoms with Gasteiger partial charge in [0.25, 0.3) is 0 Å². The fourth-order valence-electron chi connectivity index (χ4n) is 2.07. The molecule has 0 aliphatic carbocycles. The van der Waals surface area contributed by atoms with Crippen LogP contribution >= 0.6 is 11.6 Å². The minimum atomic E-state index is -0.621. The number of halogens is 1. The fourth-order valence-corrected chi connectivity index (χ4v) is 2.29. The number of nitrogens with zero attached hydrogens (tertiary/aromatic N) is 1. The summed E-state index contributed by atoms with van der Waals surface area (Å²) in [6.45, 7) is 3.38. The number of benzene rings is 2. The van der Waals surface area contributed by atoms with Gasteiger partial charge in [0.05, 0.1) is 23.8 Å². The van der Waals surface area contributed by atoms with Crippen LogP contribution in [-0.2, 0) is 11.2 Å². The summed E-state index contributed by atoms with van der Waals surface area (Å²) >= 11 is 5.97. The zero-order chi connectivity index (χ0) is 18.2. The van der Waals surface area contributed by atoms with Gasteiger partial charge in [-0.3, -0.25) is 0 Å². The van der Waals surface area contributed by atoms with Crippen molar-refractivity contribution in [3.05, 3.63) is 65.2 Å². The van der Waals surface area contributed by atoms with E-state index in [1.807, 2.05) is 18.2 Å². The lowest BCUT2D eigenvalue weighted by molar-refractivity contribution is -0.136. The van der Waals surface area contributed by atoms with Crippen LogP contribution in [0.15, 0.2) is 49.1 Å². The van der Waals surface area contributed by atoms with Gasteiger partial charge in [0.2, 0.25) is 0 Å². The van der Waals surface area contributed by atoms with Crippen LogP contribution in [0.3, 0.4) is 0 Å². The second kappa shape index (κ2) is 8.76. The average Bonchev–Trinajstić information content (AvgIpc) is 2.62. The molecule has 5 nitrogen and oxygen atoms in total. The zero-order valence-electron chi connectivity index (χ0n) is 13.6. The molecule has 0 aliphatic rings. The highest BCUT2D eigenvalue weighted by Crippen LogP contribution is 2.29. The van der Waals surface area contributed by atoms with E-state index in [1.165, 1.54) is 25.3 Å². The second-order valence-corrected chi connectivity index (χ2v) is 5.40. The van der Waals surface area contributed by atoms with Gasteiger partial charge < -0.3 is 14.2 Å². The molecular weight excluding hydrogens is 342 g/mol. The van der Waals surface area contributed by atoms with Crippen molar-refractivity contribution < 1.29 is 19.0 Å². The average molecular weight is 358 g/mol. The zero-order valence-corrected chi connectivity index (χ0v) is 14.4. The van der Waals surface area contributed by atoms with E-state index in [9.17, 15) is 4.79 Å². The minimum absolute atomic E-state index is 0.169. The van der Waals surface area contributed by atoms with Crippen molar-refractivity contribution in [3.8, 4) is 23.3 Å². The number of carbonyl (C=O) groups excluding carboxylic acids is 1. The first kappa shape index (κ1) is 18.4.